The third-order valence-corrected chi connectivity index (χ3v) is 8.97. The lowest BCUT2D eigenvalue weighted by atomic mass is 10.0. The molecule has 9 atom stereocenters. The number of carbonyl (C=O) groups is 11. The van der Waals surface area contributed by atoms with Gasteiger partial charge in [-0.1, -0.05) is 27.7 Å². The number of rotatable bonds is 32. The van der Waals surface area contributed by atoms with E-state index in [1.807, 2.05) is 0 Å². The van der Waals surface area contributed by atoms with Crippen LogP contribution in [0.2, 0.25) is 0 Å². The molecule has 0 aromatic heterocycles. The van der Waals surface area contributed by atoms with Crippen LogP contribution in [-0.2, 0) is 52.7 Å². The Morgan fingerprint density at radius 3 is 0.984 bits per heavy atom. The largest absolute Gasteiger partial charge is 0.394 e. The highest BCUT2D eigenvalue weighted by Crippen LogP contribution is 2.09. The molecule has 0 saturated carbocycles. The van der Waals surface area contributed by atoms with Crippen LogP contribution in [0.1, 0.15) is 66.2 Å². The highest BCUT2D eigenvalue weighted by Gasteiger charge is 2.35. The highest BCUT2D eigenvalue weighted by atomic mass is 16.3. The van der Waals surface area contributed by atoms with Crippen molar-refractivity contribution >= 4 is 65.4 Å². The molecule has 0 aliphatic heterocycles. The van der Waals surface area contributed by atoms with Crippen LogP contribution in [0, 0.1) is 11.8 Å². The Bertz CT molecular complexity index is 1620. The molecular formula is C37H65N11O16. The molecule has 0 aromatic carbocycles. The number of nitrogens with one attached hydrogen (secondary N) is 8. The third kappa shape index (κ3) is 22.0. The molecule has 0 bridgehead atoms. The molecule has 27 nitrogen and oxygen atoms in total. The van der Waals surface area contributed by atoms with Crippen molar-refractivity contribution in [1.82, 2.24) is 42.5 Å². The van der Waals surface area contributed by atoms with Gasteiger partial charge in [0.2, 0.25) is 59.1 Å². The lowest BCUT2D eigenvalue weighted by molar-refractivity contribution is -0.137. The summed E-state index contributed by atoms with van der Waals surface area (Å²) in [7, 11) is 0. The number of hydrogen-bond donors (Lipinski definition) is 16. The zero-order chi connectivity index (χ0) is 49.3. The Morgan fingerprint density at radius 2 is 0.703 bits per heavy atom. The minimum atomic E-state index is -1.84. The summed E-state index contributed by atoms with van der Waals surface area (Å²) < 4.78 is 0. The molecule has 0 aliphatic rings. The van der Waals surface area contributed by atoms with Crippen molar-refractivity contribution in [3.8, 4) is 0 Å². The maximum Gasteiger partial charge on any atom is 0.245 e. The number of primary amides is 2. The second-order valence-corrected chi connectivity index (χ2v) is 15.5. The van der Waals surface area contributed by atoms with Gasteiger partial charge >= 0.3 is 0 Å². The molecule has 10 amide bonds. The van der Waals surface area contributed by atoms with Crippen molar-refractivity contribution in [3.05, 3.63) is 0 Å². The Hall–Kier alpha value is -5.87. The summed E-state index contributed by atoms with van der Waals surface area (Å²) in [6, 6.07) is -14.1. The summed E-state index contributed by atoms with van der Waals surface area (Å²) in [5, 5.41) is 66.3. The minimum absolute atomic E-state index is 0.0477. The van der Waals surface area contributed by atoms with Gasteiger partial charge in [-0.05, 0) is 37.5 Å². The quantitative estimate of drug-likeness (QED) is 0.0279. The average molecular weight is 920 g/mol. The van der Waals surface area contributed by atoms with Crippen molar-refractivity contribution in [3.63, 3.8) is 0 Å². The van der Waals surface area contributed by atoms with Crippen LogP contribution < -0.4 is 59.7 Å². The molecule has 0 spiro atoms. The topological polar surface area (TPSA) is 463 Å². The zero-order valence-corrected chi connectivity index (χ0v) is 36.2. The number of nitrogens with two attached hydrogens (primary N) is 3. The van der Waals surface area contributed by atoms with Crippen LogP contribution >= 0.6 is 0 Å². The lowest BCUT2D eigenvalue weighted by Crippen LogP contribution is -2.61. The van der Waals surface area contributed by atoms with Gasteiger partial charge in [-0.3, -0.25) is 47.9 Å². The van der Waals surface area contributed by atoms with Gasteiger partial charge in [0.1, 0.15) is 60.7 Å². The van der Waals surface area contributed by atoms with E-state index in [9.17, 15) is 78.3 Å². The van der Waals surface area contributed by atoms with Crippen LogP contribution in [-0.4, -0.2) is 178 Å². The Labute approximate surface area is 368 Å². The second kappa shape index (κ2) is 30.3. The lowest BCUT2D eigenvalue weighted by Gasteiger charge is -2.28. The molecule has 364 valence electrons. The molecule has 0 unspecified atom stereocenters. The molecule has 27 heteroatoms. The smallest absolute Gasteiger partial charge is 0.245 e. The van der Waals surface area contributed by atoms with Gasteiger partial charge in [0.15, 0.2) is 0 Å². The van der Waals surface area contributed by atoms with E-state index in [-0.39, 0.29) is 31.0 Å². The van der Waals surface area contributed by atoms with E-state index in [4.69, 9.17) is 17.2 Å². The summed E-state index contributed by atoms with van der Waals surface area (Å²) in [6.07, 6.45) is -1.63. The molecular weight excluding hydrogens is 854 g/mol. The van der Waals surface area contributed by atoms with Crippen molar-refractivity contribution in [2.45, 2.75) is 121 Å². The summed E-state index contributed by atoms with van der Waals surface area (Å²) in [6.45, 7) is 2.02. The zero-order valence-electron chi connectivity index (χ0n) is 36.2. The van der Waals surface area contributed by atoms with Crippen LogP contribution in [0.25, 0.3) is 0 Å². The Kier molecular flexibility index (Phi) is 27.5. The molecule has 19 N–H and O–H groups in total. The summed E-state index contributed by atoms with van der Waals surface area (Å²) in [4.78, 5) is 139. The number of aliphatic hydroxyl groups excluding tert-OH is 5. The maximum absolute atomic E-state index is 13.7. The number of amides is 10. The van der Waals surface area contributed by atoms with Crippen LogP contribution in [0.5, 0.6) is 0 Å². The maximum atomic E-state index is 13.7. The fourth-order valence-corrected chi connectivity index (χ4v) is 5.50. The average Bonchev–Trinajstić information content (AvgIpc) is 3.23. The molecule has 64 heavy (non-hydrogen) atoms. The molecule has 0 fully saturated rings. The first-order valence-electron chi connectivity index (χ1n) is 20.2. The second-order valence-electron chi connectivity index (χ2n) is 15.5. The number of aliphatic hydroxyl groups is 5. The van der Waals surface area contributed by atoms with Crippen molar-refractivity contribution < 1.29 is 78.3 Å². The van der Waals surface area contributed by atoms with Gasteiger partial charge in [-0.2, -0.15) is 0 Å². The van der Waals surface area contributed by atoms with E-state index < -0.39 is 172 Å². The molecule has 0 aromatic rings. The van der Waals surface area contributed by atoms with Gasteiger partial charge < -0.3 is 90.1 Å². The summed E-state index contributed by atoms with van der Waals surface area (Å²) in [5.74, 6) is -10.8. The summed E-state index contributed by atoms with van der Waals surface area (Å²) >= 11 is 0. The third-order valence-electron chi connectivity index (χ3n) is 8.97. The van der Waals surface area contributed by atoms with Gasteiger partial charge in [-0.15, -0.1) is 0 Å². The van der Waals surface area contributed by atoms with E-state index >= 15 is 0 Å². The standard InChI is InChI=1S/C37H65N11O16/c1-17(2)9-23(44-30(57)20(38)13-51)33(60)46-25(14-52)35(62)43-22(6-8-29(40)56)32(59)45-24(10-18(3)4)34(61)47-27(16-54)37(64)48-26(15-53)36(63)42-21(5-7-28(39)55)31(58)41-19(11-49)12-50/h11,17-27,50-54H,5-10,12-16,38H2,1-4H3,(H2,39,55)(H2,40,56)(H,41,58)(H,42,63)(H,43,62)(H,44,57)(H,45,59)(H,46,60)(H,47,61)(H,48,64)/t19-,20+,21+,22+,23+,24+,25+,26+,27+/m1/s1. The Morgan fingerprint density at radius 1 is 0.422 bits per heavy atom. The van der Waals surface area contributed by atoms with E-state index in [0.717, 1.165) is 0 Å². The highest BCUT2D eigenvalue weighted by molar-refractivity contribution is 5.98. The van der Waals surface area contributed by atoms with Crippen molar-refractivity contribution in [2.75, 3.05) is 33.0 Å². The van der Waals surface area contributed by atoms with Gasteiger partial charge in [0, 0.05) is 12.8 Å². The van der Waals surface area contributed by atoms with E-state index in [0.29, 0.717) is 0 Å². The van der Waals surface area contributed by atoms with Crippen LogP contribution in [0.3, 0.4) is 0 Å². The molecule has 0 rings (SSSR count). The monoisotopic (exact) mass is 919 g/mol. The van der Waals surface area contributed by atoms with E-state index in [1.165, 1.54) is 0 Å². The molecule has 0 aliphatic carbocycles. The minimum Gasteiger partial charge on any atom is -0.394 e. The molecule has 0 saturated heterocycles. The predicted molar refractivity (Wildman–Crippen MR) is 221 cm³/mol. The van der Waals surface area contributed by atoms with E-state index in [1.54, 1.807) is 27.7 Å². The first kappa shape index (κ1) is 58.1. The first-order valence-corrected chi connectivity index (χ1v) is 20.2. The first-order chi connectivity index (χ1) is 30.0. The van der Waals surface area contributed by atoms with Crippen molar-refractivity contribution in [1.29, 1.82) is 0 Å². The fraction of sp³-hybridized carbons (Fsp3) is 0.703. The number of hydrogen-bond acceptors (Lipinski definition) is 17. The van der Waals surface area contributed by atoms with Gasteiger partial charge in [0.25, 0.3) is 0 Å². The van der Waals surface area contributed by atoms with Gasteiger partial charge in [-0.25, -0.2) is 0 Å². The van der Waals surface area contributed by atoms with Crippen LogP contribution in [0.4, 0.5) is 0 Å². The van der Waals surface area contributed by atoms with E-state index in [2.05, 4.69) is 42.5 Å². The molecule has 0 heterocycles. The molecule has 0 radical (unpaired) electrons. The Balaban J connectivity index is 6.20. The SMILES string of the molecule is CC(C)C[C@H](NC(=O)[C@H](CCC(N)=O)NC(=O)[C@H](CO)NC(=O)[C@H](CC(C)C)NC(=O)[C@@H](N)CO)C(=O)N[C@@H](CO)C(=O)N[C@@H](CO)C(=O)N[C@@H](CCC(N)=O)C(=O)N[C@H](C=O)CO. The van der Waals surface area contributed by atoms with Crippen LogP contribution in [0.15, 0.2) is 0 Å². The normalized spacial score (nSPS) is 15.3. The van der Waals surface area contributed by atoms with Gasteiger partial charge in [0.05, 0.1) is 33.0 Å². The van der Waals surface area contributed by atoms with Crippen molar-refractivity contribution in [2.24, 2.45) is 29.0 Å². The summed E-state index contributed by atoms with van der Waals surface area (Å²) in [5.41, 5.74) is 15.9. The number of aldehydes is 1. The number of carbonyl (C=O) groups excluding carboxylic acids is 11. The fourth-order valence-electron chi connectivity index (χ4n) is 5.50. The predicted octanol–water partition coefficient (Wildman–Crippen LogP) is -9.02.